The number of hydrogen-bond donors (Lipinski definition) is 1. The van der Waals surface area contributed by atoms with Crippen LogP contribution < -0.4 is 10.9 Å². The molecule has 102 valence electrons. The molecule has 0 saturated carbocycles. The summed E-state index contributed by atoms with van der Waals surface area (Å²) in [6.45, 7) is 7.75. The number of nitrogens with one attached hydrogen (secondary N) is 1. The first-order valence-electron chi connectivity index (χ1n) is 6.91. The van der Waals surface area contributed by atoms with Crippen molar-refractivity contribution in [3.05, 3.63) is 28.2 Å². The van der Waals surface area contributed by atoms with E-state index in [-0.39, 0.29) is 5.56 Å². The van der Waals surface area contributed by atoms with E-state index in [2.05, 4.69) is 24.3 Å². The lowest BCUT2D eigenvalue weighted by molar-refractivity contribution is 0.451. The highest BCUT2D eigenvalue weighted by Crippen LogP contribution is 2.02. The Labute approximate surface area is 109 Å². The van der Waals surface area contributed by atoms with E-state index in [1.807, 2.05) is 6.92 Å². The number of aromatic nitrogens is 2. The van der Waals surface area contributed by atoms with E-state index in [0.717, 1.165) is 12.2 Å². The van der Waals surface area contributed by atoms with E-state index >= 15 is 0 Å². The van der Waals surface area contributed by atoms with Crippen molar-refractivity contribution in [3.8, 4) is 0 Å². The summed E-state index contributed by atoms with van der Waals surface area (Å²) in [7, 11) is 0. The number of unbranched alkanes of at least 4 members (excludes halogenated alkanes) is 2. The molecule has 1 heterocycles. The lowest BCUT2D eigenvalue weighted by Crippen LogP contribution is -2.33. The molecule has 0 amide bonds. The predicted octanol–water partition coefficient (Wildman–Crippen LogP) is 2.11. The van der Waals surface area contributed by atoms with Crippen LogP contribution in [0.3, 0.4) is 0 Å². The fourth-order valence-corrected chi connectivity index (χ4v) is 1.93. The smallest absolute Gasteiger partial charge is 0.266 e. The first-order valence-corrected chi connectivity index (χ1v) is 6.91. The van der Waals surface area contributed by atoms with Gasteiger partial charge in [0.25, 0.3) is 5.56 Å². The fourth-order valence-electron chi connectivity index (χ4n) is 1.93. The SMILES string of the molecule is CCCCCC(C)NCCn1nc(C)ccc1=O. The van der Waals surface area contributed by atoms with E-state index in [9.17, 15) is 4.79 Å². The van der Waals surface area contributed by atoms with Crippen LogP contribution in [-0.2, 0) is 6.54 Å². The molecule has 1 rings (SSSR count). The monoisotopic (exact) mass is 251 g/mol. The maximum Gasteiger partial charge on any atom is 0.266 e. The third-order valence-electron chi connectivity index (χ3n) is 3.06. The van der Waals surface area contributed by atoms with Crippen LogP contribution in [0.4, 0.5) is 0 Å². The van der Waals surface area contributed by atoms with Crippen LogP contribution in [0.15, 0.2) is 16.9 Å². The molecule has 0 aliphatic carbocycles. The molecule has 0 aliphatic rings. The molecule has 18 heavy (non-hydrogen) atoms. The Kier molecular flexibility index (Phi) is 6.65. The molecule has 0 aliphatic heterocycles. The van der Waals surface area contributed by atoms with E-state index in [0.29, 0.717) is 12.6 Å². The lowest BCUT2D eigenvalue weighted by Gasteiger charge is -2.13. The molecule has 1 atom stereocenters. The van der Waals surface area contributed by atoms with E-state index < -0.39 is 0 Å². The quantitative estimate of drug-likeness (QED) is 0.720. The molecular weight excluding hydrogens is 226 g/mol. The Bertz CT molecular complexity index is 400. The molecule has 4 heteroatoms. The topological polar surface area (TPSA) is 46.9 Å². The summed E-state index contributed by atoms with van der Waals surface area (Å²) in [4.78, 5) is 11.5. The van der Waals surface area contributed by atoms with E-state index in [1.165, 1.54) is 30.4 Å². The molecule has 1 aromatic heterocycles. The van der Waals surface area contributed by atoms with Gasteiger partial charge in [0.1, 0.15) is 0 Å². The molecule has 1 aromatic rings. The Morgan fingerprint density at radius 1 is 1.39 bits per heavy atom. The van der Waals surface area contributed by atoms with Gasteiger partial charge in [-0.2, -0.15) is 5.10 Å². The second-order valence-electron chi connectivity index (χ2n) is 4.89. The molecule has 0 bridgehead atoms. The largest absolute Gasteiger partial charge is 0.312 e. The minimum Gasteiger partial charge on any atom is -0.312 e. The maximum absolute atomic E-state index is 11.5. The van der Waals surface area contributed by atoms with Crippen molar-refractivity contribution < 1.29 is 0 Å². The van der Waals surface area contributed by atoms with Crippen molar-refractivity contribution in [2.24, 2.45) is 0 Å². The second kappa shape index (κ2) is 8.03. The highest BCUT2D eigenvalue weighted by atomic mass is 16.1. The minimum atomic E-state index is -0.0268. The normalized spacial score (nSPS) is 12.6. The van der Waals surface area contributed by atoms with Crippen molar-refractivity contribution in [1.29, 1.82) is 0 Å². The fraction of sp³-hybridized carbons (Fsp3) is 0.714. The van der Waals surface area contributed by atoms with Crippen LogP contribution in [-0.4, -0.2) is 22.4 Å². The molecule has 0 aromatic carbocycles. The summed E-state index contributed by atoms with van der Waals surface area (Å²) in [6.07, 6.45) is 5.03. The van der Waals surface area contributed by atoms with Crippen LogP contribution >= 0.6 is 0 Å². The number of rotatable bonds is 8. The van der Waals surface area contributed by atoms with Crippen molar-refractivity contribution >= 4 is 0 Å². The van der Waals surface area contributed by atoms with Crippen molar-refractivity contribution in [2.45, 2.75) is 59.0 Å². The van der Waals surface area contributed by atoms with Gasteiger partial charge in [0.15, 0.2) is 0 Å². The first kappa shape index (κ1) is 14.9. The average molecular weight is 251 g/mol. The van der Waals surface area contributed by atoms with Crippen molar-refractivity contribution in [2.75, 3.05) is 6.54 Å². The van der Waals surface area contributed by atoms with Gasteiger partial charge >= 0.3 is 0 Å². The summed E-state index contributed by atoms with van der Waals surface area (Å²) in [6, 6.07) is 3.84. The van der Waals surface area contributed by atoms with Gasteiger partial charge in [-0.25, -0.2) is 4.68 Å². The second-order valence-corrected chi connectivity index (χ2v) is 4.89. The molecule has 0 fully saturated rings. The summed E-state index contributed by atoms with van der Waals surface area (Å²) in [5, 5.41) is 7.65. The minimum absolute atomic E-state index is 0.0268. The average Bonchev–Trinajstić information content (AvgIpc) is 2.34. The zero-order valence-corrected chi connectivity index (χ0v) is 11.8. The van der Waals surface area contributed by atoms with Gasteiger partial charge in [0.05, 0.1) is 12.2 Å². The number of nitrogens with zero attached hydrogens (tertiary/aromatic N) is 2. The molecule has 0 saturated heterocycles. The van der Waals surface area contributed by atoms with Crippen molar-refractivity contribution in [1.82, 2.24) is 15.1 Å². The van der Waals surface area contributed by atoms with Gasteiger partial charge in [-0.05, 0) is 26.3 Å². The summed E-state index contributed by atoms with van der Waals surface area (Å²) < 4.78 is 1.53. The van der Waals surface area contributed by atoms with Gasteiger partial charge in [0, 0.05) is 18.7 Å². The van der Waals surface area contributed by atoms with Crippen LogP contribution in [0.25, 0.3) is 0 Å². The number of hydrogen-bond acceptors (Lipinski definition) is 3. The Morgan fingerprint density at radius 2 is 2.17 bits per heavy atom. The molecule has 1 N–H and O–H groups in total. The van der Waals surface area contributed by atoms with Gasteiger partial charge in [-0.3, -0.25) is 4.79 Å². The van der Waals surface area contributed by atoms with Crippen LogP contribution in [0, 0.1) is 6.92 Å². The molecule has 4 nitrogen and oxygen atoms in total. The summed E-state index contributed by atoms with van der Waals surface area (Å²) in [5.41, 5.74) is 0.853. The highest BCUT2D eigenvalue weighted by Gasteiger charge is 2.02. The zero-order chi connectivity index (χ0) is 13.4. The van der Waals surface area contributed by atoms with Crippen LogP contribution in [0.2, 0.25) is 0 Å². The molecule has 1 unspecified atom stereocenters. The Hall–Kier alpha value is -1.16. The highest BCUT2D eigenvalue weighted by molar-refractivity contribution is 4.97. The van der Waals surface area contributed by atoms with Gasteiger partial charge in [-0.15, -0.1) is 0 Å². The van der Waals surface area contributed by atoms with E-state index in [4.69, 9.17) is 0 Å². The van der Waals surface area contributed by atoms with Crippen LogP contribution in [0.5, 0.6) is 0 Å². The zero-order valence-electron chi connectivity index (χ0n) is 11.8. The number of aryl methyl sites for hydroxylation is 1. The lowest BCUT2D eigenvalue weighted by atomic mass is 10.1. The first-order chi connectivity index (χ1) is 8.63. The third-order valence-corrected chi connectivity index (χ3v) is 3.06. The maximum atomic E-state index is 11.5. The molecular formula is C14H25N3O. The van der Waals surface area contributed by atoms with Gasteiger partial charge in [-0.1, -0.05) is 26.2 Å². The molecule has 0 spiro atoms. The third kappa shape index (κ3) is 5.45. The predicted molar refractivity (Wildman–Crippen MR) is 74.8 cm³/mol. The van der Waals surface area contributed by atoms with Gasteiger partial charge in [0.2, 0.25) is 0 Å². The van der Waals surface area contributed by atoms with Crippen molar-refractivity contribution in [3.63, 3.8) is 0 Å². The summed E-state index contributed by atoms with van der Waals surface area (Å²) in [5.74, 6) is 0. The summed E-state index contributed by atoms with van der Waals surface area (Å²) >= 11 is 0. The Balaban J connectivity index is 2.28. The van der Waals surface area contributed by atoms with Gasteiger partial charge < -0.3 is 5.32 Å². The molecule has 0 radical (unpaired) electrons. The van der Waals surface area contributed by atoms with E-state index in [1.54, 1.807) is 12.1 Å². The standard InChI is InChI=1S/C14H25N3O/c1-4-5-6-7-12(2)15-10-11-17-14(18)9-8-13(3)16-17/h8-9,12,15H,4-7,10-11H2,1-3H3. The van der Waals surface area contributed by atoms with Crippen LogP contribution in [0.1, 0.15) is 45.2 Å². The Morgan fingerprint density at radius 3 is 2.89 bits per heavy atom.